The highest BCUT2D eigenvalue weighted by molar-refractivity contribution is 6.12. The zero-order valence-corrected chi connectivity index (χ0v) is 62.3. The molecule has 0 atom stereocenters. The number of anilines is 4. The van der Waals surface area contributed by atoms with Gasteiger partial charge in [-0.05, 0) is 188 Å². The number of hydrogen-bond donors (Lipinski definition) is 0. The van der Waals surface area contributed by atoms with Gasteiger partial charge >= 0.3 is 0 Å². The minimum Gasteiger partial charge on any atom is -0.455 e. The lowest BCUT2D eigenvalue weighted by Gasteiger charge is -2.39. The third-order valence-corrected chi connectivity index (χ3v) is 22.5. The molecule has 0 bridgehead atoms. The Kier molecular flexibility index (Phi) is 14.3. The summed E-state index contributed by atoms with van der Waals surface area (Å²) in [5.41, 5.74) is 24.4. The minimum atomic E-state index is -0.440. The van der Waals surface area contributed by atoms with Crippen LogP contribution in [0.25, 0.3) is 88.1 Å². The third-order valence-electron chi connectivity index (χ3n) is 22.5. The topological polar surface area (TPSA) is 69.2 Å². The molecule has 0 amide bonds. The molecule has 510 valence electrons. The predicted molar refractivity (Wildman–Crippen MR) is 424 cm³/mol. The van der Waals surface area contributed by atoms with Gasteiger partial charge in [0.2, 0.25) is 0 Å². The third kappa shape index (κ3) is 10.3. The number of fused-ring (bicyclic) bond motifs is 14. The number of rotatable bonds is 6. The Hall–Kier alpha value is -10.4. The average molecular weight is 1340 g/mol. The first-order valence-electron chi connectivity index (χ1n) is 36.5. The maximum Gasteiger partial charge on any atom is 0.151 e. The van der Waals surface area contributed by atoms with Crippen LogP contribution in [0.2, 0.25) is 0 Å². The highest BCUT2D eigenvalue weighted by Gasteiger charge is 2.43. The van der Waals surface area contributed by atoms with E-state index in [-0.39, 0.29) is 21.7 Å². The molecule has 1 aromatic heterocycles. The first kappa shape index (κ1) is 64.9. The number of benzene rings is 12. The number of aromatic nitrogens is 2. The van der Waals surface area contributed by atoms with E-state index in [1.54, 1.807) is 0 Å². The van der Waals surface area contributed by atoms with Gasteiger partial charge in [-0.1, -0.05) is 208 Å². The number of hydrogen-bond acceptors (Lipinski definition) is 8. The summed E-state index contributed by atoms with van der Waals surface area (Å²) >= 11 is 0. The van der Waals surface area contributed by atoms with Gasteiger partial charge in [0.15, 0.2) is 23.0 Å². The monoisotopic (exact) mass is 1340 g/mol. The first-order chi connectivity index (χ1) is 48.4. The van der Waals surface area contributed by atoms with Crippen molar-refractivity contribution in [2.24, 2.45) is 0 Å². The van der Waals surface area contributed by atoms with Crippen molar-refractivity contribution in [1.82, 2.24) is 9.97 Å². The van der Waals surface area contributed by atoms with Crippen molar-refractivity contribution in [3.63, 3.8) is 0 Å². The molecule has 0 saturated heterocycles. The summed E-state index contributed by atoms with van der Waals surface area (Å²) in [7, 11) is 0. The fourth-order valence-corrected chi connectivity index (χ4v) is 16.2. The van der Waals surface area contributed by atoms with Crippen LogP contribution in [0.5, 0.6) is 46.0 Å². The molecule has 0 unspecified atom stereocenters. The lowest BCUT2D eigenvalue weighted by Crippen LogP contribution is -2.27. The molecular formula is C94H90N4O4. The highest BCUT2D eigenvalue weighted by Crippen LogP contribution is 2.60. The number of nitrogens with zero attached hydrogens (tertiary/aromatic N) is 4. The Bertz CT molecular complexity index is 5400. The summed E-state index contributed by atoms with van der Waals surface area (Å²) in [5.74, 6) is 6.89. The van der Waals surface area contributed by atoms with Gasteiger partial charge in [0, 0.05) is 79.2 Å². The van der Waals surface area contributed by atoms with Crippen molar-refractivity contribution in [2.75, 3.05) is 22.9 Å². The summed E-state index contributed by atoms with van der Waals surface area (Å²) in [6, 6.07) is 71.4. The molecule has 12 aromatic carbocycles. The average Bonchev–Trinajstić information content (AvgIpc) is 0.717. The molecule has 0 spiro atoms. The van der Waals surface area contributed by atoms with Crippen LogP contribution in [0.3, 0.4) is 0 Å². The highest BCUT2D eigenvalue weighted by atomic mass is 16.5. The van der Waals surface area contributed by atoms with Gasteiger partial charge in [0.05, 0.1) is 44.8 Å². The van der Waals surface area contributed by atoms with Gasteiger partial charge in [0.25, 0.3) is 0 Å². The van der Waals surface area contributed by atoms with Crippen LogP contribution in [0.15, 0.2) is 194 Å². The molecule has 0 saturated carbocycles. The summed E-state index contributed by atoms with van der Waals surface area (Å²) in [4.78, 5) is 15.7. The second kappa shape index (κ2) is 22.5. The number of ether oxygens (including phenoxy) is 4. The summed E-state index contributed by atoms with van der Waals surface area (Å²) in [6.45, 7) is 43.2. The zero-order chi connectivity index (χ0) is 71.2. The maximum absolute atomic E-state index is 7.62. The van der Waals surface area contributed by atoms with E-state index in [1.807, 2.05) is 12.1 Å². The Labute approximate surface area is 600 Å². The second-order valence-electron chi connectivity index (χ2n) is 34.0. The molecule has 8 nitrogen and oxygen atoms in total. The van der Waals surface area contributed by atoms with Gasteiger partial charge in [-0.3, -0.25) is 0 Å². The zero-order valence-electron chi connectivity index (χ0n) is 62.3. The van der Waals surface area contributed by atoms with E-state index in [2.05, 4.69) is 316 Å². The molecule has 8 heteroatoms. The SMILES string of the molecule is CCN1c2ccccc2Oc2cc(-c3cc(C(C)(C)C)cc4c3Oc3c(-c5ccc6c(ccc7nc8ccc9cc(-c%10cc(C(C)(C)C)cc%11c%10Oc%10c(-c%12ccc%13c(c%12)Oc%12ccccc%12N%13CC)cc(C(C)(C)C)cc%10C%11(C)C)ccc9c8nc76)c5)cc(C(C)(C)C)cc3C4(C)C)ccc21. The van der Waals surface area contributed by atoms with E-state index >= 15 is 0 Å². The summed E-state index contributed by atoms with van der Waals surface area (Å²) < 4.78 is 28.7. The largest absolute Gasteiger partial charge is 0.455 e. The second-order valence-corrected chi connectivity index (χ2v) is 34.0. The van der Waals surface area contributed by atoms with Crippen molar-refractivity contribution in [1.29, 1.82) is 0 Å². The van der Waals surface area contributed by atoms with Crippen molar-refractivity contribution in [2.45, 2.75) is 157 Å². The fraction of sp³-hybridized carbons (Fsp3) is 0.277. The molecule has 0 aliphatic carbocycles. The van der Waals surface area contributed by atoms with Crippen molar-refractivity contribution in [3.05, 3.63) is 239 Å². The van der Waals surface area contributed by atoms with E-state index in [0.29, 0.717) is 0 Å². The minimum absolute atomic E-state index is 0.136. The molecule has 0 radical (unpaired) electrons. The molecule has 17 rings (SSSR count). The van der Waals surface area contributed by atoms with Crippen LogP contribution in [-0.2, 0) is 32.5 Å². The van der Waals surface area contributed by atoms with Gasteiger partial charge in [-0.2, -0.15) is 0 Å². The van der Waals surface area contributed by atoms with Gasteiger partial charge < -0.3 is 28.7 Å². The Morgan fingerprint density at radius 2 is 0.627 bits per heavy atom. The molecule has 102 heavy (non-hydrogen) atoms. The fourth-order valence-electron chi connectivity index (χ4n) is 16.2. The van der Waals surface area contributed by atoms with E-state index in [1.165, 1.54) is 44.5 Å². The lowest BCUT2D eigenvalue weighted by atomic mass is 9.70. The Morgan fingerprint density at radius 3 is 0.961 bits per heavy atom. The normalized spacial score (nSPS) is 14.9. The summed E-state index contributed by atoms with van der Waals surface area (Å²) in [6.07, 6.45) is 0. The van der Waals surface area contributed by atoms with Crippen molar-refractivity contribution in [3.8, 4) is 90.5 Å². The molecule has 4 aliphatic heterocycles. The first-order valence-corrected chi connectivity index (χ1v) is 36.5. The standard InChI is InChI=1S/C94H90N4O4/c1-19-97-75-25-21-23-27-79(75)99-81-43-57(33-39-77(81)97)67-47-61(91(9,10)11)51-71-87(67)101-85-65(45-59(89(3,4)5)49-69(85)93(71,15)16)55-29-35-63-53(41-55)31-37-73-83(63)96-84-64-36-30-56(42-54(64)32-38-74(84)95-73)66-46-60(90(6,7)8)50-70-86(66)102-88-68(48-62(92(12,13)14)52-72(88)94(70,17)18)58-34-40-78-82(44-58)100-80-28-24-22-26-76(80)98(78)20-2/h21-52H,19-20H2,1-18H3. The maximum atomic E-state index is 7.62. The smallest absolute Gasteiger partial charge is 0.151 e. The quantitative estimate of drug-likeness (QED) is 0.120. The van der Waals surface area contributed by atoms with E-state index in [9.17, 15) is 0 Å². The van der Waals surface area contributed by atoms with Gasteiger partial charge in [0.1, 0.15) is 23.0 Å². The van der Waals surface area contributed by atoms with Crippen LogP contribution < -0.4 is 28.7 Å². The van der Waals surface area contributed by atoms with Crippen LogP contribution >= 0.6 is 0 Å². The van der Waals surface area contributed by atoms with Crippen LogP contribution in [0.4, 0.5) is 22.7 Å². The van der Waals surface area contributed by atoms with E-state index in [0.717, 1.165) is 170 Å². The number of para-hydroxylation sites is 4. The molecule has 5 heterocycles. The van der Waals surface area contributed by atoms with Gasteiger partial charge in [-0.15, -0.1) is 0 Å². The van der Waals surface area contributed by atoms with Crippen LogP contribution in [0.1, 0.15) is 169 Å². The molecular weight excluding hydrogens is 1250 g/mol. The Morgan fingerprint density at radius 1 is 0.314 bits per heavy atom. The Balaban J connectivity index is 0.768. The summed E-state index contributed by atoms with van der Waals surface area (Å²) in [5, 5.41) is 4.24. The van der Waals surface area contributed by atoms with Crippen molar-refractivity contribution >= 4 is 66.4 Å². The van der Waals surface area contributed by atoms with Crippen LogP contribution in [0, 0.1) is 0 Å². The molecule has 0 fully saturated rings. The van der Waals surface area contributed by atoms with Crippen molar-refractivity contribution < 1.29 is 18.9 Å². The van der Waals surface area contributed by atoms with Gasteiger partial charge in [-0.25, -0.2) is 9.97 Å². The lowest BCUT2D eigenvalue weighted by molar-refractivity contribution is 0.417. The van der Waals surface area contributed by atoms with E-state index < -0.39 is 10.8 Å². The molecule has 0 N–H and O–H groups in total. The predicted octanol–water partition coefficient (Wildman–Crippen LogP) is 26.3. The molecule has 13 aromatic rings. The van der Waals surface area contributed by atoms with E-state index in [4.69, 9.17) is 28.9 Å². The van der Waals surface area contributed by atoms with Crippen LogP contribution in [-0.4, -0.2) is 23.1 Å². The molecule has 4 aliphatic rings.